The average molecular weight is 356 g/mol. The first-order valence-electron chi connectivity index (χ1n) is 8.38. The molecule has 4 rings (SSSR count). The quantitative estimate of drug-likeness (QED) is 0.530. The Morgan fingerprint density at radius 3 is 2.71 bits per heavy atom. The molecule has 0 radical (unpaired) electrons. The van der Waals surface area contributed by atoms with E-state index in [1.165, 1.54) is 17.5 Å². The molecule has 1 aliphatic carbocycles. The highest BCUT2D eigenvalue weighted by molar-refractivity contribution is 6.31. The Hall–Kier alpha value is -1.57. The molecule has 1 saturated carbocycles. The summed E-state index contributed by atoms with van der Waals surface area (Å²) in [4.78, 5) is 4.74. The van der Waals surface area contributed by atoms with Crippen LogP contribution in [0.3, 0.4) is 0 Å². The first-order valence-corrected chi connectivity index (χ1v) is 9.14. The summed E-state index contributed by atoms with van der Waals surface area (Å²) in [5, 5.41) is 1.52. The molecule has 2 aliphatic rings. The molecule has 0 aromatic heterocycles. The summed E-state index contributed by atoms with van der Waals surface area (Å²) in [5.74, 6) is 0.709. The molecular weight excluding hydrogens is 337 g/mol. The summed E-state index contributed by atoms with van der Waals surface area (Å²) in [7, 11) is 0. The van der Waals surface area contributed by atoms with Gasteiger partial charge < -0.3 is 0 Å². The highest BCUT2D eigenvalue weighted by atomic mass is 35.5. The first kappa shape index (κ1) is 15.9. The summed E-state index contributed by atoms with van der Waals surface area (Å²) in [6.07, 6.45) is 7.69. The van der Waals surface area contributed by atoms with Crippen LogP contribution in [0.25, 0.3) is 0 Å². The fraction of sp³-hybridized carbons (Fsp3) is 0.286. The summed E-state index contributed by atoms with van der Waals surface area (Å²) >= 11 is 12.5. The van der Waals surface area contributed by atoms with E-state index in [1.807, 2.05) is 24.3 Å². The molecule has 3 heteroatoms. The summed E-state index contributed by atoms with van der Waals surface area (Å²) < 4.78 is 0. The minimum absolute atomic E-state index is 0.148. The van der Waals surface area contributed by atoms with Gasteiger partial charge in [-0.15, -0.1) is 6.58 Å². The fourth-order valence-corrected chi connectivity index (χ4v) is 4.92. The molecule has 24 heavy (non-hydrogen) atoms. The van der Waals surface area contributed by atoms with Crippen LogP contribution in [0.5, 0.6) is 0 Å². The monoisotopic (exact) mass is 355 g/mol. The van der Waals surface area contributed by atoms with Crippen LogP contribution < -0.4 is 0 Å². The highest BCUT2D eigenvalue weighted by Crippen LogP contribution is 2.56. The lowest BCUT2D eigenvalue weighted by Gasteiger charge is -2.45. The van der Waals surface area contributed by atoms with Crippen LogP contribution in [0.1, 0.15) is 36.3 Å². The average Bonchev–Trinajstić information content (AvgIpc) is 2.94. The lowest BCUT2D eigenvalue weighted by atomic mass is 9.56. The SMILES string of the molecule is C=C[C@@H]1CCC[C@@H](c2cccc(Cl)c2)[C@]12C=Nc1cc(Cl)ccc12. The lowest BCUT2D eigenvalue weighted by molar-refractivity contribution is 0.269. The van der Waals surface area contributed by atoms with Crippen LogP contribution in [0.4, 0.5) is 5.69 Å². The van der Waals surface area contributed by atoms with Gasteiger partial charge in [0, 0.05) is 21.7 Å². The van der Waals surface area contributed by atoms with Crippen molar-refractivity contribution in [3.63, 3.8) is 0 Å². The van der Waals surface area contributed by atoms with E-state index in [2.05, 4.69) is 37.1 Å². The number of hydrogen-bond acceptors (Lipinski definition) is 1. The standard InChI is InChI=1S/C21H19Cl2N/c1-2-15-6-4-8-18(14-5-3-7-16(22)11-14)21(15)13-24-20-12-17(23)9-10-19(20)21/h2-3,5,7,9-13,15,18H,1,4,6,8H2/t15-,18+,21+/m1/s1. The molecule has 0 saturated heterocycles. The smallest absolute Gasteiger partial charge is 0.0682 e. The largest absolute Gasteiger partial charge is 0.260 e. The molecule has 0 bridgehead atoms. The van der Waals surface area contributed by atoms with Crippen molar-refractivity contribution in [1.82, 2.24) is 0 Å². The number of nitrogens with zero attached hydrogens (tertiary/aromatic N) is 1. The Balaban J connectivity index is 1.92. The van der Waals surface area contributed by atoms with Crippen molar-refractivity contribution in [3.05, 3.63) is 76.3 Å². The minimum Gasteiger partial charge on any atom is -0.260 e. The number of hydrogen-bond donors (Lipinski definition) is 0. The molecular formula is C21H19Cl2N. The number of allylic oxidation sites excluding steroid dienone is 1. The van der Waals surface area contributed by atoms with Crippen LogP contribution in [-0.4, -0.2) is 6.21 Å². The number of rotatable bonds is 2. The van der Waals surface area contributed by atoms with E-state index in [4.69, 9.17) is 28.2 Å². The second-order valence-electron chi connectivity index (χ2n) is 6.73. The topological polar surface area (TPSA) is 12.4 Å². The Kier molecular flexibility index (Phi) is 4.02. The van der Waals surface area contributed by atoms with E-state index >= 15 is 0 Å². The van der Waals surface area contributed by atoms with E-state index < -0.39 is 0 Å². The molecule has 1 aliphatic heterocycles. The van der Waals surface area contributed by atoms with Crippen molar-refractivity contribution in [2.24, 2.45) is 10.9 Å². The van der Waals surface area contributed by atoms with E-state index in [0.717, 1.165) is 28.6 Å². The molecule has 0 unspecified atom stereocenters. The third kappa shape index (κ3) is 2.34. The van der Waals surface area contributed by atoms with Crippen LogP contribution in [0, 0.1) is 5.92 Å². The van der Waals surface area contributed by atoms with Crippen molar-refractivity contribution in [1.29, 1.82) is 0 Å². The molecule has 1 heterocycles. The van der Waals surface area contributed by atoms with Crippen molar-refractivity contribution >= 4 is 35.1 Å². The van der Waals surface area contributed by atoms with Crippen LogP contribution in [-0.2, 0) is 5.41 Å². The third-order valence-corrected chi connectivity index (χ3v) is 6.05. The van der Waals surface area contributed by atoms with Gasteiger partial charge in [0.1, 0.15) is 0 Å². The van der Waals surface area contributed by atoms with Crippen LogP contribution >= 0.6 is 23.2 Å². The molecule has 0 N–H and O–H groups in total. The van der Waals surface area contributed by atoms with Gasteiger partial charge in [0.05, 0.1) is 5.69 Å². The number of halogens is 2. The van der Waals surface area contributed by atoms with Gasteiger partial charge in [-0.3, -0.25) is 4.99 Å². The summed E-state index contributed by atoms with van der Waals surface area (Å²) in [5.41, 5.74) is 3.39. The summed E-state index contributed by atoms with van der Waals surface area (Å²) in [6, 6.07) is 14.3. The number of benzene rings is 2. The van der Waals surface area contributed by atoms with Gasteiger partial charge in [0.25, 0.3) is 0 Å². The first-order chi connectivity index (χ1) is 11.6. The zero-order valence-electron chi connectivity index (χ0n) is 13.4. The molecule has 1 spiro atoms. The minimum atomic E-state index is -0.148. The maximum atomic E-state index is 6.28. The molecule has 3 atom stereocenters. The predicted octanol–water partition coefficient (Wildman–Crippen LogP) is 6.72. The highest BCUT2D eigenvalue weighted by Gasteiger charge is 2.50. The maximum absolute atomic E-state index is 6.28. The molecule has 0 amide bonds. The van der Waals surface area contributed by atoms with Crippen LogP contribution in [0.15, 0.2) is 60.1 Å². The van der Waals surface area contributed by atoms with Gasteiger partial charge in [0.2, 0.25) is 0 Å². The van der Waals surface area contributed by atoms with Gasteiger partial charge in [0.15, 0.2) is 0 Å². The van der Waals surface area contributed by atoms with E-state index in [0.29, 0.717) is 11.8 Å². The molecule has 1 nitrogen and oxygen atoms in total. The van der Waals surface area contributed by atoms with Crippen molar-refractivity contribution in [2.45, 2.75) is 30.6 Å². The van der Waals surface area contributed by atoms with Gasteiger partial charge in [-0.05, 0) is 60.1 Å². The maximum Gasteiger partial charge on any atom is 0.0682 e. The lowest BCUT2D eigenvalue weighted by Crippen LogP contribution is -2.43. The normalized spacial score (nSPS) is 28.1. The number of fused-ring (bicyclic) bond motifs is 2. The van der Waals surface area contributed by atoms with E-state index in [-0.39, 0.29) is 5.41 Å². The second-order valence-corrected chi connectivity index (χ2v) is 7.61. The van der Waals surface area contributed by atoms with E-state index in [9.17, 15) is 0 Å². The predicted molar refractivity (Wildman–Crippen MR) is 103 cm³/mol. The van der Waals surface area contributed by atoms with E-state index in [1.54, 1.807) is 0 Å². The Bertz CT molecular complexity index is 826. The third-order valence-electron chi connectivity index (χ3n) is 5.58. The Labute approximate surface area is 153 Å². The molecule has 2 aromatic carbocycles. The molecule has 2 aromatic rings. The van der Waals surface area contributed by atoms with Gasteiger partial charge >= 0.3 is 0 Å². The zero-order valence-corrected chi connectivity index (χ0v) is 14.9. The van der Waals surface area contributed by atoms with Gasteiger partial charge in [-0.25, -0.2) is 0 Å². The molecule has 122 valence electrons. The second kappa shape index (κ2) is 6.06. The zero-order chi connectivity index (χ0) is 16.7. The summed E-state index contributed by atoms with van der Waals surface area (Å²) in [6.45, 7) is 4.13. The van der Waals surface area contributed by atoms with Crippen LogP contribution in [0.2, 0.25) is 10.0 Å². The Morgan fingerprint density at radius 1 is 1.08 bits per heavy atom. The van der Waals surface area contributed by atoms with Gasteiger partial charge in [-0.2, -0.15) is 0 Å². The van der Waals surface area contributed by atoms with Gasteiger partial charge in [-0.1, -0.05) is 53.9 Å². The Morgan fingerprint density at radius 2 is 1.92 bits per heavy atom. The van der Waals surface area contributed by atoms with Crippen molar-refractivity contribution < 1.29 is 0 Å². The number of aliphatic imine (C=N–C) groups is 1. The molecule has 1 fully saturated rings. The fourth-order valence-electron chi connectivity index (χ4n) is 4.55. The van der Waals surface area contributed by atoms with Crippen molar-refractivity contribution in [3.8, 4) is 0 Å². The van der Waals surface area contributed by atoms with Crippen molar-refractivity contribution in [2.75, 3.05) is 0 Å².